The van der Waals surface area contributed by atoms with E-state index >= 15 is 0 Å². The minimum absolute atomic E-state index is 0.628. The summed E-state index contributed by atoms with van der Waals surface area (Å²) in [7, 11) is 1.91. The lowest BCUT2D eigenvalue weighted by Crippen LogP contribution is -1.86. The predicted molar refractivity (Wildman–Crippen MR) is 83.7 cm³/mol. The fourth-order valence-electron chi connectivity index (χ4n) is 2.05. The maximum absolute atomic E-state index is 5.68. The molecule has 0 aliphatic rings. The Morgan fingerprint density at radius 3 is 2.60 bits per heavy atom. The van der Waals surface area contributed by atoms with Crippen LogP contribution in [0.25, 0.3) is 23.3 Å². The third-order valence-corrected chi connectivity index (χ3v) is 3.18. The summed E-state index contributed by atoms with van der Waals surface area (Å²) in [6.07, 6.45) is 3.89. The van der Waals surface area contributed by atoms with Crippen molar-refractivity contribution < 1.29 is 4.42 Å². The van der Waals surface area contributed by atoms with Gasteiger partial charge in [0.2, 0.25) is 5.89 Å². The van der Waals surface area contributed by atoms with Crippen molar-refractivity contribution >= 4 is 28.9 Å². The molecule has 3 heteroatoms. The molecular formula is C17H16N2O. The number of nitrogens with zero attached hydrogens (tertiary/aromatic N) is 1. The van der Waals surface area contributed by atoms with Crippen molar-refractivity contribution in [2.75, 3.05) is 12.4 Å². The van der Waals surface area contributed by atoms with Crippen molar-refractivity contribution in [1.29, 1.82) is 0 Å². The minimum atomic E-state index is 0.628. The lowest BCUT2D eigenvalue weighted by Gasteiger charge is -1.98. The summed E-state index contributed by atoms with van der Waals surface area (Å²) in [5.74, 6) is 0.628. The van der Waals surface area contributed by atoms with E-state index in [9.17, 15) is 0 Å². The molecule has 3 aromatic rings. The molecule has 1 N–H and O–H groups in total. The van der Waals surface area contributed by atoms with Gasteiger partial charge in [0.1, 0.15) is 5.52 Å². The Kier molecular flexibility index (Phi) is 3.25. The van der Waals surface area contributed by atoms with E-state index in [-0.39, 0.29) is 0 Å². The maximum Gasteiger partial charge on any atom is 0.220 e. The molecule has 100 valence electrons. The molecule has 3 nitrogen and oxygen atoms in total. The first-order chi connectivity index (χ1) is 9.74. The highest BCUT2D eigenvalue weighted by Gasteiger charge is 2.02. The van der Waals surface area contributed by atoms with Crippen LogP contribution < -0.4 is 5.32 Å². The van der Waals surface area contributed by atoms with E-state index in [1.807, 2.05) is 56.5 Å². The summed E-state index contributed by atoms with van der Waals surface area (Å²) in [6.45, 7) is 2.05. The average molecular weight is 264 g/mol. The van der Waals surface area contributed by atoms with E-state index in [1.165, 1.54) is 5.56 Å². The molecule has 0 aliphatic heterocycles. The van der Waals surface area contributed by atoms with Crippen LogP contribution in [0.1, 0.15) is 17.0 Å². The number of aryl methyl sites for hydroxylation is 1. The molecule has 0 aliphatic carbocycles. The smallest absolute Gasteiger partial charge is 0.220 e. The van der Waals surface area contributed by atoms with Crippen LogP contribution in [0.3, 0.4) is 0 Å². The van der Waals surface area contributed by atoms with Gasteiger partial charge in [-0.3, -0.25) is 0 Å². The van der Waals surface area contributed by atoms with Crippen LogP contribution in [0, 0.1) is 6.92 Å². The lowest BCUT2D eigenvalue weighted by molar-refractivity contribution is 0.589. The van der Waals surface area contributed by atoms with E-state index in [0.717, 1.165) is 22.4 Å². The molecule has 0 amide bonds. The number of anilines is 1. The number of aromatic nitrogens is 1. The van der Waals surface area contributed by atoms with Gasteiger partial charge in [-0.05, 0) is 48.4 Å². The summed E-state index contributed by atoms with van der Waals surface area (Å²) in [5, 5.41) is 3.10. The summed E-state index contributed by atoms with van der Waals surface area (Å²) < 4.78 is 5.68. The Morgan fingerprint density at radius 1 is 1.05 bits per heavy atom. The third-order valence-electron chi connectivity index (χ3n) is 3.18. The van der Waals surface area contributed by atoms with Crippen molar-refractivity contribution in [1.82, 2.24) is 4.98 Å². The summed E-state index contributed by atoms with van der Waals surface area (Å²) >= 11 is 0. The second kappa shape index (κ2) is 5.21. The molecule has 0 saturated carbocycles. The van der Waals surface area contributed by atoms with E-state index in [2.05, 4.69) is 22.4 Å². The number of nitrogens with one attached hydrogen (secondary N) is 1. The molecule has 3 rings (SSSR count). The van der Waals surface area contributed by atoms with Gasteiger partial charge in [-0.25, -0.2) is 4.98 Å². The zero-order valence-electron chi connectivity index (χ0n) is 11.6. The van der Waals surface area contributed by atoms with Gasteiger partial charge in [-0.1, -0.05) is 18.2 Å². The van der Waals surface area contributed by atoms with Gasteiger partial charge in [0.25, 0.3) is 0 Å². The third kappa shape index (κ3) is 2.57. The van der Waals surface area contributed by atoms with Crippen LogP contribution in [-0.2, 0) is 0 Å². The predicted octanol–water partition coefficient (Wildman–Crippen LogP) is 4.35. The van der Waals surface area contributed by atoms with Gasteiger partial charge in [0.15, 0.2) is 5.58 Å². The van der Waals surface area contributed by atoms with Gasteiger partial charge in [0.05, 0.1) is 0 Å². The summed E-state index contributed by atoms with van der Waals surface area (Å²) in [5.41, 5.74) is 5.11. The number of hydrogen-bond acceptors (Lipinski definition) is 3. The monoisotopic (exact) mass is 264 g/mol. The highest BCUT2D eigenvalue weighted by molar-refractivity contribution is 5.76. The van der Waals surface area contributed by atoms with Crippen molar-refractivity contribution in [3.05, 3.63) is 59.5 Å². The normalized spacial score (nSPS) is 11.3. The van der Waals surface area contributed by atoms with Gasteiger partial charge in [-0.15, -0.1) is 0 Å². The Balaban J connectivity index is 1.85. The molecule has 0 radical (unpaired) electrons. The van der Waals surface area contributed by atoms with Gasteiger partial charge < -0.3 is 9.73 Å². The van der Waals surface area contributed by atoms with Crippen LogP contribution in [0.5, 0.6) is 0 Å². The lowest BCUT2D eigenvalue weighted by atomic mass is 10.2. The second-order valence-corrected chi connectivity index (χ2v) is 4.73. The number of hydrogen-bond donors (Lipinski definition) is 1. The van der Waals surface area contributed by atoms with Crippen molar-refractivity contribution in [2.24, 2.45) is 0 Å². The topological polar surface area (TPSA) is 38.1 Å². The van der Waals surface area contributed by atoms with Gasteiger partial charge >= 0.3 is 0 Å². The molecule has 0 fully saturated rings. The van der Waals surface area contributed by atoms with Crippen LogP contribution in [0.2, 0.25) is 0 Å². The van der Waals surface area contributed by atoms with Crippen LogP contribution in [0.15, 0.2) is 46.9 Å². The standard InChI is InChI=1S/C17H16N2O/c1-12-3-9-16-15(11-12)19-17(20-16)10-6-13-4-7-14(18-2)8-5-13/h3-11,18H,1-2H3/b10-6+. The zero-order chi connectivity index (χ0) is 13.9. The number of benzene rings is 2. The van der Waals surface area contributed by atoms with Gasteiger partial charge in [0, 0.05) is 18.8 Å². The van der Waals surface area contributed by atoms with E-state index in [1.54, 1.807) is 0 Å². The first kappa shape index (κ1) is 12.5. The van der Waals surface area contributed by atoms with E-state index in [4.69, 9.17) is 4.42 Å². The fraction of sp³-hybridized carbons (Fsp3) is 0.118. The fourth-order valence-corrected chi connectivity index (χ4v) is 2.05. The van der Waals surface area contributed by atoms with Crippen LogP contribution in [-0.4, -0.2) is 12.0 Å². The van der Waals surface area contributed by atoms with Crippen molar-refractivity contribution in [2.45, 2.75) is 6.92 Å². The number of fused-ring (bicyclic) bond motifs is 1. The highest BCUT2D eigenvalue weighted by Crippen LogP contribution is 2.18. The van der Waals surface area contributed by atoms with Crippen LogP contribution >= 0.6 is 0 Å². The van der Waals surface area contributed by atoms with Crippen LogP contribution in [0.4, 0.5) is 5.69 Å². The Hall–Kier alpha value is -2.55. The molecular weight excluding hydrogens is 248 g/mol. The molecule has 0 bridgehead atoms. The first-order valence-electron chi connectivity index (χ1n) is 6.58. The van der Waals surface area contributed by atoms with Crippen molar-refractivity contribution in [3.8, 4) is 0 Å². The highest BCUT2D eigenvalue weighted by atomic mass is 16.3. The minimum Gasteiger partial charge on any atom is -0.437 e. The molecule has 0 atom stereocenters. The Labute approximate surface area is 118 Å². The molecule has 0 unspecified atom stereocenters. The number of rotatable bonds is 3. The SMILES string of the molecule is CNc1ccc(/C=C/c2nc3cc(C)ccc3o2)cc1. The zero-order valence-corrected chi connectivity index (χ0v) is 11.6. The Bertz CT molecular complexity index is 754. The first-order valence-corrected chi connectivity index (χ1v) is 6.58. The molecule has 0 saturated heterocycles. The van der Waals surface area contributed by atoms with Crippen molar-refractivity contribution in [3.63, 3.8) is 0 Å². The Morgan fingerprint density at radius 2 is 1.85 bits per heavy atom. The largest absolute Gasteiger partial charge is 0.437 e. The van der Waals surface area contributed by atoms with E-state index < -0.39 is 0 Å². The molecule has 1 aromatic heterocycles. The molecule has 20 heavy (non-hydrogen) atoms. The average Bonchev–Trinajstić information content (AvgIpc) is 2.87. The quantitative estimate of drug-likeness (QED) is 0.764. The summed E-state index contributed by atoms with van der Waals surface area (Å²) in [4.78, 5) is 4.46. The molecule has 2 aromatic carbocycles. The molecule has 0 spiro atoms. The van der Waals surface area contributed by atoms with Gasteiger partial charge in [-0.2, -0.15) is 0 Å². The van der Waals surface area contributed by atoms with E-state index in [0.29, 0.717) is 5.89 Å². The maximum atomic E-state index is 5.68. The number of oxazole rings is 1. The summed E-state index contributed by atoms with van der Waals surface area (Å²) in [6, 6.07) is 14.2. The molecule has 1 heterocycles. The second-order valence-electron chi connectivity index (χ2n) is 4.73.